The minimum absolute atomic E-state index is 0.0494. The van der Waals surface area contributed by atoms with Gasteiger partial charge in [-0.1, -0.05) is 54.0 Å². The molecular formula is C28H22BrNO4. The molecule has 1 aliphatic rings. The fourth-order valence-electron chi connectivity index (χ4n) is 4.45. The molecular weight excluding hydrogens is 494 g/mol. The number of fused-ring (bicyclic) bond motifs is 2. The number of anilines is 1. The lowest BCUT2D eigenvalue weighted by molar-refractivity contribution is 0.0970. The third-order valence-electron chi connectivity index (χ3n) is 6.30. The van der Waals surface area contributed by atoms with Gasteiger partial charge in [-0.15, -0.1) is 0 Å². The maximum Gasteiger partial charge on any atom is 0.295 e. The van der Waals surface area contributed by atoms with Crippen molar-refractivity contribution in [1.29, 1.82) is 0 Å². The zero-order chi connectivity index (χ0) is 24.1. The molecule has 170 valence electrons. The minimum atomic E-state index is -0.647. The highest BCUT2D eigenvalue weighted by atomic mass is 79.9. The fourth-order valence-corrected chi connectivity index (χ4v) is 4.81. The number of hydrogen-bond donors (Lipinski definition) is 0. The number of benzene rings is 3. The van der Waals surface area contributed by atoms with Gasteiger partial charge >= 0.3 is 0 Å². The van der Waals surface area contributed by atoms with E-state index < -0.39 is 6.04 Å². The largest absolute Gasteiger partial charge is 0.450 e. The molecule has 2 heterocycles. The van der Waals surface area contributed by atoms with Crippen LogP contribution < -0.4 is 10.3 Å². The number of Topliss-reactive ketones (excluding diaryl/α,β-unsaturated/α-hetero) is 1. The van der Waals surface area contributed by atoms with Crippen molar-refractivity contribution >= 4 is 44.3 Å². The zero-order valence-corrected chi connectivity index (χ0v) is 20.5. The summed E-state index contributed by atoms with van der Waals surface area (Å²) >= 11 is 3.42. The van der Waals surface area contributed by atoms with Gasteiger partial charge in [0.2, 0.25) is 5.76 Å². The van der Waals surface area contributed by atoms with Crippen molar-refractivity contribution in [1.82, 2.24) is 0 Å². The molecule has 0 saturated carbocycles. The van der Waals surface area contributed by atoms with Crippen LogP contribution in [0.1, 0.15) is 70.3 Å². The molecule has 6 heteroatoms. The number of halogens is 1. The summed E-state index contributed by atoms with van der Waals surface area (Å²) in [5, 5.41) is 0.415. The van der Waals surface area contributed by atoms with E-state index >= 15 is 0 Å². The van der Waals surface area contributed by atoms with Gasteiger partial charge in [-0.25, -0.2) is 0 Å². The van der Waals surface area contributed by atoms with Gasteiger partial charge < -0.3 is 4.42 Å². The van der Waals surface area contributed by atoms with E-state index in [1.54, 1.807) is 47.4 Å². The van der Waals surface area contributed by atoms with Crippen molar-refractivity contribution in [2.75, 3.05) is 4.90 Å². The second-order valence-electron chi connectivity index (χ2n) is 8.82. The Balaban J connectivity index is 1.75. The Labute approximate surface area is 205 Å². The average molecular weight is 516 g/mol. The van der Waals surface area contributed by atoms with Crippen molar-refractivity contribution in [3.63, 3.8) is 0 Å². The molecule has 34 heavy (non-hydrogen) atoms. The number of ketones is 1. The molecule has 1 aromatic heterocycles. The molecule has 1 unspecified atom stereocenters. The SMILES string of the molecule is CC(=O)c1ccc(N2C(=O)c3oc4ccc(Br)cc4c(=O)c3C2c2ccc(C(C)C)cc2)cc1. The Kier molecular flexibility index (Phi) is 5.48. The standard InChI is InChI=1S/C28H22BrNO4/c1-15(2)17-4-6-19(7-5-17)25-24-26(32)22-14-20(29)10-13-23(22)34-27(24)28(33)30(25)21-11-8-18(9-12-21)16(3)31/h4-15,25H,1-3H3. The number of amides is 1. The highest BCUT2D eigenvalue weighted by Crippen LogP contribution is 2.41. The summed E-state index contributed by atoms with van der Waals surface area (Å²) in [6.07, 6.45) is 0. The van der Waals surface area contributed by atoms with Crippen LogP contribution in [0.15, 0.2) is 80.4 Å². The molecule has 0 bridgehead atoms. The maximum atomic E-state index is 13.7. The minimum Gasteiger partial charge on any atom is -0.450 e. The van der Waals surface area contributed by atoms with Gasteiger partial charge in [-0.3, -0.25) is 19.3 Å². The Morgan fingerprint density at radius 3 is 2.26 bits per heavy atom. The predicted molar refractivity (Wildman–Crippen MR) is 136 cm³/mol. The molecule has 0 N–H and O–H groups in total. The number of nitrogens with zero attached hydrogens (tertiary/aromatic N) is 1. The van der Waals surface area contributed by atoms with Gasteiger partial charge in [-0.05, 0) is 66.4 Å². The van der Waals surface area contributed by atoms with Crippen molar-refractivity contribution in [2.24, 2.45) is 0 Å². The van der Waals surface area contributed by atoms with E-state index in [1.165, 1.54) is 12.5 Å². The van der Waals surface area contributed by atoms with Crippen LogP contribution in [0.2, 0.25) is 0 Å². The van der Waals surface area contributed by atoms with E-state index in [0.717, 1.165) is 10.0 Å². The molecule has 3 aromatic carbocycles. The summed E-state index contributed by atoms with van der Waals surface area (Å²) < 4.78 is 6.77. The first-order valence-corrected chi connectivity index (χ1v) is 11.9. The molecule has 0 fully saturated rings. The molecule has 4 aromatic rings. The number of rotatable bonds is 4. The third-order valence-corrected chi connectivity index (χ3v) is 6.80. The van der Waals surface area contributed by atoms with Crippen LogP contribution in [-0.2, 0) is 0 Å². The van der Waals surface area contributed by atoms with Gasteiger partial charge in [0.05, 0.1) is 17.0 Å². The van der Waals surface area contributed by atoms with Crippen LogP contribution in [0.5, 0.6) is 0 Å². The Hall–Kier alpha value is -3.51. The molecule has 5 nitrogen and oxygen atoms in total. The second-order valence-corrected chi connectivity index (χ2v) is 9.73. The van der Waals surface area contributed by atoms with Crippen molar-refractivity contribution < 1.29 is 14.0 Å². The van der Waals surface area contributed by atoms with E-state index in [2.05, 4.69) is 29.8 Å². The Morgan fingerprint density at radius 1 is 0.971 bits per heavy atom. The number of carbonyl (C=O) groups is 2. The average Bonchev–Trinajstić information content (AvgIpc) is 3.12. The Morgan fingerprint density at radius 2 is 1.65 bits per heavy atom. The number of carbonyl (C=O) groups excluding carboxylic acids is 2. The van der Waals surface area contributed by atoms with Gasteiger partial charge in [0.15, 0.2) is 11.2 Å². The number of hydrogen-bond acceptors (Lipinski definition) is 4. The first-order valence-electron chi connectivity index (χ1n) is 11.1. The summed E-state index contributed by atoms with van der Waals surface area (Å²) in [7, 11) is 0. The van der Waals surface area contributed by atoms with E-state index in [-0.39, 0.29) is 22.9 Å². The monoisotopic (exact) mass is 515 g/mol. The summed E-state index contributed by atoms with van der Waals surface area (Å²) in [5.74, 6) is -0.0379. The van der Waals surface area contributed by atoms with Gasteiger partial charge in [0.25, 0.3) is 5.91 Å². The van der Waals surface area contributed by atoms with Crippen LogP contribution >= 0.6 is 15.9 Å². The van der Waals surface area contributed by atoms with Crippen LogP contribution in [0.25, 0.3) is 11.0 Å². The normalized spacial score (nSPS) is 15.3. The lowest BCUT2D eigenvalue weighted by atomic mass is 9.95. The first kappa shape index (κ1) is 22.3. The summed E-state index contributed by atoms with van der Waals surface area (Å²) in [6.45, 7) is 5.73. The van der Waals surface area contributed by atoms with Crippen LogP contribution in [0.3, 0.4) is 0 Å². The zero-order valence-electron chi connectivity index (χ0n) is 19.0. The van der Waals surface area contributed by atoms with Gasteiger partial charge in [-0.2, -0.15) is 0 Å². The van der Waals surface area contributed by atoms with Crippen LogP contribution in [0.4, 0.5) is 5.69 Å². The quantitative estimate of drug-likeness (QED) is 0.286. The summed E-state index contributed by atoms with van der Waals surface area (Å²) in [5.41, 5.74) is 3.58. The highest BCUT2D eigenvalue weighted by molar-refractivity contribution is 9.10. The smallest absolute Gasteiger partial charge is 0.295 e. The lowest BCUT2D eigenvalue weighted by Crippen LogP contribution is -2.29. The Bertz CT molecular complexity index is 1500. The van der Waals surface area contributed by atoms with E-state index in [0.29, 0.717) is 33.7 Å². The molecule has 0 saturated heterocycles. The topological polar surface area (TPSA) is 67.6 Å². The van der Waals surface area contributed by atoms with Crippen molar-refractivity contribution in [3.05, 3.63) is 109 Å². The highest BCUT2D eigenvalue weighted by Gasteiger charge is 2.43. The molecule has 1 amide bonds. The maximum absolute atomic E-state index is 13.7. The molecule has 1 atom stereocenters. The van der Waals surface area contributed by atoms with Crippen LogP contribution in [0, 0.1) is 0 Å². The summed E-state index contributed by atoms with van der Waals surface area (Å²) in [6, 6.07) is 19.4. The van der Waals surface area contributed by atoms with E-state index in [9.17, 15) is 14.4 Å². The molecule has 0 aliphatic carbocycles. The van der Waals surface area contributed by atoms with E-state index in [4.69, 9.17) is 4.42 Å². The second kappa shape index (κ2) is 8.37. The molecule has 0 radical (unpaired) electrons. The predicted octanol–water partition coefficient (Wildman–Crippen LogP) is 6.63. The molecule has 1 aliphatic heterocycles. The van der Waals surface area contributed by atoms with Gasteiger partial charge in [0.1, 0.15) is 5.58 Å². The summed E-state index contributed by atoms with van der Waals surface area (Å²) in [4.78, 5) is 40.7. The fraction of sp³-hybridized carbons (Fsp3) is 0.179. The lowest BCUT2D eigenvalue weighted by Gasteiger charge is -2.25. The van der Waals surface area contributed by atoms with E-state index in [1.807, 2.05) is 24.3 Å². The molecule has 0 spiro atoms. The third kappa shape index (κ3) is 3.59. The van der Waals surface area contributed by atoms with Gasteiger partial charge in [0, 0.05) is 15.7 Å². The molecule has 5 rings (SSSR count). The van der Waals surface area contributed by atoms with Crippen molar-refractivity contribution in [3.8, 4) is 0 Å². The van der Waals surface area contributed by atoms with Crippen LogP contribution in [-0.4, -0.2) is 11.7 Å². The first-order chi connectivity index (χ1) is 16.3. The van der Waals surface area contributed by atoms with Crippen molar-refractivity contribution in [2.45, 2.75) is 32.7 Å².